The van der Waals surface area contributed by atoms with Gasteiger partial charge in [-0.1, -0.05) is 57.5 Å². The summed E-state index contributed by atoms with van der Waals surface area (Å²) in [6.07, 6.45) is 0.469. The molecule has 2 fully saturated rings. The fraction of sp³-hybridized carbons (Fsp3) is 0.600. The Labute approximate surface area is 149 Å². The maximum Gasteiger partial charge on any atom is 0.416 e. The van der Waals surface area contributed by atoms with Gasteiger partial charge in [-0.05, 0) is 17.4 Å². The Morgan fingerprint density at radius 3 is 2.60 bits per heavy atom. The third kappa shape index (κ3) is 3.71. The summed E-state index contributed by atoms with van der Waals surface area (Å²) < 4.78 is 5.16. The van der Waals surface area contributed by atoms with Gasteiger partial charge < -0.3 is 4.74 Å². The van der Waals surface area contributed by atoms with E-state index in [0.717, 1.165) is 19.5 Å². The van der Waals surface area contributed by atoms with E-state index in [9.17, 15) is 9.59 Å². The van der Waals surface area contributed by atoms with Crippen molar-refractivity contribution in [2.45, 2.75) is 39.8 Å². The van der Waals surface area contributed by atoms with Crippen LogP contribution in [-0.4, -0.2) is 47.5 Å². The Kier molecular flexibility index (Phi) is 5.42. The third-order valence-electron chi connectivity index (χ3n) is 5.52. The Balaban J connectivity index is 1.72. The van der Waals surface area contributed by atoms with Gasteiger partial charge in [0.1, 0.15) is 6.61 Å². The molecule has 1 aromatic rings. The fourth-order valence-electron chi connectivity index (χ4n) is 3.98. The van der Waals surface area contributed by atoms with Crippen molar-refractivity contribution in [3.63, 3.8) is 0 Å². The van der Waals surface area contributed by atoms with Crippen LogP contribution in [0.25, 0.3) is 0 Å². The molecule has 0 radical (unpaired) electrons. The minimum atomic E-state index is -0.472. The minimum absolute atomic E-state index is 0.0522. The summed E-state index contributed by atoms with van der Waals surface area (Å²) in [7, 11) is 0. The van der Waals surface area contributed by atoms with E-state index in [1.165, 1.54) is 10.5 Å². The molecule has 5 heteroatoms. The number of carbonyl (C=O) groups excluding carboxylic acids is 2. The number of amides is 2. The molecule has 0 spiro atoms. The zero-order valence-electron chi connectivity index (χ0n) is 15.4. The second kappa shape index (κ2) is 7.56. The van der Waals surface area contributed by atoms with Gasteiger partial charge in [-0.25, -0.2) is 9.69 Å². The summed E-state index contributed by atoms with van der Waals surface area (Å²) in [6, 6.07) is 10.2. The van der Waals surface area contributed by atoms with Gasteiger partial charge in [-0.15, -0.1) is 0 Å². The van der Waals surface area contributed by atoms with Gasteiger partial charge in [0.2, 0.25) is 5.91 Å². The number of imide groups is 1. The third-order valence-corrected chi connectivity index (χ3v) is 5.52. The number of rotatable bonds is 5. The van der Waals surface area contributed by atoms with Crippen LogP contribution in [0.2, 0.25) is 0 Å². The van der Waals surface area contributed by atoms with Gasteiger partial charge in [0.25, 0.3) is 0 Å². The van der Waals surface area contributed by atoms with Crippen LogP contribution in [0.5, 0.6) is 0 Å². The molecular weight excluding hydrogens is 316 g/mol. The largest absolute Gasteiger partial charge is 0.447 e. The molecule has 0 saturated carbocycles. The predicted molar refractivity (Wildman–Crippen MR) is 95.8 cm³/mol. The molecule has 1 aromatic carbocycles. The topological polar surface area (TPSA) is 49.9 Å². The zero-order chi connectivity index (χ0) is 18.0. The van der Waals surface area contributed by atoms with Crippen LogP contribution in [-0.2, 0) is 16.1 Å². The molecule has 0 aromatic heterocycles. The molecule has 2 aliphatic heterocycles. The molecule has 5 nitrogen and oxygen atoms in total. The highest BCUT2D eigenvalue weighted by atomic mass is 16.6. The number of likely N-dealkylation sites (tertiary alicyclic amines) is 1. The van der Waals surface area contributed by atoms with E-state index >= 15 is 0 Å². The highest BCUT2D eigenvalue weighted by Gasteiger charge is 2.46. The molecule has 2 aliphatic rings. The van der Waals surface area contributed by atoms with Crippen molar-refractivity contribution in [1.82, 2.24) is 9.80 Å². The van der Waals surface area contributed by atoms with Gasteiger partial charge in [0.15, 0.2) is 0 Å². The number of nitrogens with zero attached hydrogens (tertiary/aromatic N) is 2. The van der Waals surface area contributed by atoms with Crippen molar-refractivity contribution in [2.75, 3.05) is 19.7 Å². The Morgan fingerprint density at radius 1 is 1.24 bits per heavy atom. The lowest BCUT2D eigenvalue weighted by atomic mass is 9.91. The summed E-state index contributed by atoms with van der Waals surface area (Å²) >= 11 is 0. The first-order chi connectivity index (χ1) is 12.0. The lowest BCUT2D eigenvalue weighted by Gasteiger charge is -2.27. The first-order valence-corrected chi connectivity index (χ1v) is 9.27. The predicted octanol–water partition coefficient (Wildman–Crippen LogP) is 3.15. The number of benzene rings is 1. The second-order valence-corrected chi connectivity index (χ2v) is 7.55. The molecule has 25 heavy (non-hydrogen) atoms. The van der Waals surface area contributed by atoms with Crippen LogP contribution in [0.3, 0.4) is 0 Å². The number of carbonyl (C=O) groups is 2. The Morgan fingerprint density at radius 2 is 1.96 bits per heavy atom. The molecular formula is C20H28N2O3. The van der Waals surface area contributed by atoms with Gasteiger partial charge in [-0.3, -0.25) is 9.69 Å². The maximum absolute atomic E-state index is 13.1. The monoisotopic (exact) mass is 344 g/mol. The van der Waals surface area contributed by atoms with E-state index in [0.29, 0.717) is 13.2 Å². The van der Waals surface area contributed by atoms with Crippen molar-refractivity contribution < 1.29 is 14.3 Å². The lowest BCUT2D eigenvalue weighted by molar-refractivity contribution is -0.134. The summed E-state index contributed by atoms with van der Waals surface area (Å²) in [4.78, 5) is 29.0. The SMILES string of the molecule is CCC1CN(Cc2ccccc2)CC1C(=O)N1C(=O)OCC1C(C)C. The van der Waals surface area contributed by atoms with E-state index in [-0.39, 0.29) is 29.7 Å². The number of hydrogen-bond donors (Lipinski definition) is 0. The summed E-state index contributed by atoms with van der Waals surface area (Å²) in [5.41, 5.74) is 1.26. The molecule has 136 valence electrons. The van der Waals surface area contributed by atoms with Crippen LogP contribution < -0.4 is 0 Å². The highest BCUT2D eigenvalue weighted by Crippen LogP contribution is 2.32. The quantitative estimate of drug-likeness (QED) is 0.823. The van der Waals surface area contributed by atoms with Crippen LogP contribution in [0, 0.1) is 17.8 Å². The van der Waals surface area contributed by atoms with Crippen molar-refractivity contribution in [3.05, 3.63) is 35.9 Å². The summed E-state index contributed by atoms with van der Waals surface area (Å²) in [5, 5.41) is 0. The van der Waals surface area contributed by atoms with Gasteiger partial charge in [0, 0.05) is 19.6 Å². The average Bonchev–Trinajstić information content (AvgIpc) is 3.18. The van der Waals surface area contributed by atoms with E-state index in [2.05, 4.69) is 24.0 Å². The van der Waals surface area contributed by atoms with Crippen LogP contribution in [0.15, 0.2) is 30.3 Å². The van der Waals surface area contributed by atoms with Crippen molar-refractivity contribution >= 4 is 12.0 Å². The molecule has 3 atom stereocenters. The minimum Gasteiger partial charge on any atom is -0.447 e. The lowest BCUT2D eigenvalue weighted by Crippen LogP contribution is -2.46. The average molecular weight is 344 g/mol. The van der Waals surface area contributed by atoms with Gasteiger partial charge in [0.05, 0.1) is 12.0 Å². The first kappa shape index (κ1) is 17.9. The van der Waals surface area contributed by atoms with E-state index < -0.39 is 6.09 Å². The fourth-order valence-corrected chi connectivity index (χ4v) is 3.98. The Hall–Kier alpha value is -1.88. The van der Waals surface area contributed by atoms with E-state index in [4.69, 9.17) is 4.74 Å². The number of cyclic esters (lactones) is 1. The van der Waals surface area contributed by atoms with Crippen molar-refractivity contribution in [2.24, 2.45) is 17.8 Å². The Bertz CT molecular complexity index is 617. The molecule has 2 amide bonds. The standard InChI is InChI=1S/C20H28N2O3/c1-4-16-11-21(10-15-8-6-5-7-9-15)12-17(16)19(23)22-18(14(2)3)13-25-20(22)24/h5-9,14,16-18H,4,10-13H2,1-3H3. The normalized spacial score (nSPS) is 27.1. The maximum atomic E-state index is 13.1. The van der Waals surface area contributed by atoms with E-state index in [1.54, 1.807) is 0 Å². The molecule has 3 unspecified atom stereocenters. The van der Waals surface area contributed by atoms with E-state index in [1.807, 2.05) is 32.0 Å². The highest BCUT2D eigenvalue weighted by molar-refractivity contribution is 5.95. The molecule has 2 heterocycles. The first-order valence-electron chi connectivity index (χ1n) is 9.27. The van der Waals surface area contributed by atoms with Crippen LogP contribution in [0.4, 0.5) is 4.79 Å². The molecule has 0 aliphatic carbocycles. The van der Waals surface area contributed by atoms with Crippen LogP contribution in [0.1, 0.15) is 32.8 Å². The molecule has 2 saturated heterocycles. The molecule has 0 bridgehead atoms. The van der Waals surface area contributed by atoms with Crippen LogP contribution >= 0.6 is 0 Å². The number of ether oxygens (including phenoxy) is 1. The van der Waals surface area contributed by atoms with Gasteiger partial charge in [-0.2, -0.15) is 0 Å². The number of hydrogen-bond acceptors (Lipinski definition) is 4. The van der Waals surface area contributed by atoms with Gasteiger partial charge >= 0.3 is 6.09 Å². The molecule has 0 N–H and O–H groups in total. The van der Waals surface area contributed by atoms with Crippen molar-refractivity contribution in [3.8, 4) is 0 Å². The second-order valence-electron chi connectivity index (χ2n) is 7.55. The van der Waals surface area contributed by atoms with Crippen molar-refractivity contribution in [1.29, 1.82) is 0 Å². The molecule has 3 rings (SSSR count). The summed E-state index contributed by atoms with van der Waals surface area (Å²) in [5.74, 6) is 0.318. The summed E-state index contributed by atoms with van der Waals surface area (Å²) in [6.45, 7) is 8.96. The zero-order valence-corrected chi connectivity index (χ0v) is 15.4. The smallest absolute Gasteiger partial charge is 0.416 e.